The fourth-order valence-corrected chi connectivity index (χ4v) is 4.50. The molecule has 14 heteroatoms. The van der Waals surface area contributed by atoms with Gasteiger partial charge in [0.15, 0.2) is 5.78 Å². The number of carbonyl (C=O) groups is 2. The van der Waals surface area contributed by atoms with Gasteiger partial charge in [0.2, 0.25) is 5.71 Å². The van der Waals surface area contributed by atoms with Crippen LogP contribution in [0.5, 0.6) is 5.75 Å². The molecular formula is C30H26F7N3O4. The van der Waals surface area contributed by atoms with Crippen LogP contribution in [0.2, 0.25) is 0 Å². The third kappa shape index (κ3) is 6.63. The van der Waals surface area contributed by atoms with Gasteiger partial charge in [-0.25, -0.2) is 4.39 Å². The van der Waals surface area contributed by atoms with Gasteiger partial charge in [-0.15, -0.1) is 0 Å². The van der Waals surface area contributed by atoms with E-state index in [0.717, 1.165) is 12.1 Å². The molecule has 0 aliphatic heterocycles. The Morgan fingerprint density at radius 3 is 2.16 bits per heavy atom. The summed E-state index contributed by atoms with van der Waals surface area (Å²) >= 11 is 0. The second-order valence-electron chi connectivity index (χ2n) is 10.0. The molecule has 2 aromatic carbocycles. The van der Waals surface area contributed by atoms with Crippen molar-refractivity contribution in [3.05, 3.63) is 65.5 Å². The summed E-state index contributed by atoms with van der Waals surface area (Å²) in [5, 5.41) is 4.73. The minimum absolute atomic E-state index is 0.0113. The van der Waals surface area contributed by atoms with Crippen molar-refractivity contribution < 1.29 is 49.5 Å². The number of carbonyl (C=O) groups excluding carboxylic acids is 2. The first-order valence-corrected chi connectivity index (χ1v) is 13.0. The lowest BCUT2D eigenvalue weighted by molar-refractivity contribution is -0.115. The monoisotopic (exact) mass is 625 g/mol. The number of ether oxygens (including phenoxy) is 1. The molecule has 0 aliphatic carbocycles. The molecule has 0 bridgehead atoms. The van der Waals surface area contributed by atoms with E-state index in [1.165, 1.54) is 50.6 Å². The highest BCUT2D eigenvalue weighted by molar-refractivity contribution is 6.12. The number of aromatic nitrogens is 1. The molecule has 0 saturated carbocycles. The summed E-state index contributed by atoms with van der Waals surface area (Å²) in [6.45, 7) is -5.85. The first-order valence-electron chi connectivity index (χ1n) is 13.0. The summed E-state index contributed by atoms with van der Waals surface area (Å²) in [6, 6.07) is 10.2. The molecular weight excluding hydrogens is 599 g/mol. The van der Waals surface area contributed by atoms with Gasteiger partial charge in [0.1, 0.15) is 49.7 Å². The number of nitrogens with zero attached hydrogens (tertiary/aromatic N) is 1. The number of amides is 1. The van der Waals surface area contributed by atoms with Crippen LogP contribution in [0.25, 0.3) is 33.6 Å². The van der Waals surface area contributed by atoms with E-state index in [1.807, 2.05) is 0 Å². The Labute approximate surface area is 246 Å². The average Bonchev–Trinajstić information content (AvgIpc) is 3.39. The summed E-state index contributed by atoms with van der Waals surface area (Å²) in [6.07, 6.45) is -5.52. The van der Waals surface area contributed by atoms with Gasteiger partial charge >= 0.3 is 6.18 Å². The van der Waals surface area contributed by atoms with E-state index in [2.05, 4.69) is 15.6 Å². The van der Waals surface area contributed by atoms with E-state index in [4.69, 9.17) is 9.15 Å². The van der Waals surface area contributed by atoms with Crippen LogP contribution in [-0.2, 0) is 0 Å². The van der Waals surface area contributed by atoms with Crippen molar-refractivity contribution in [2.24, 2.45) is 5.41 Å². The van der Waals surface area contributed by atoms with Gasteiger partial charge in [0.25, 0.3) is 5.91 Å². The van der Waals surface area contributed by atoms with E-state index in [0.29, 0.717) is 0 Å². The van der Waals surface area contributed by atoms with Gasteiger partial charge in [-0.1, -0.05) is 6.07 Å². The number of Topliss-reactive ketones (excluding diaryl/α,β-unsaturated/α-hetero) is 1. The van der Waals surface area contributed by atoms with Gasteiger partial charge in [-0.3, -0.25) is 22.8 Å². The molecule has 4 rings (SSSR count). The molecule has 2 N–H and O–H groups in total. The van der Waals surface area contributed by atoms with E-state index in [1.54, 1.807) is 0 Å². The van der Waals surface area contributed by atoms with E-state index in [9.17, 15) is 40.3 Å². The van der Waals surface area contributed by atoms with Crippen LogP contribution < -0.4 is 15.4 Å². The number of fused-ring (bicyclic) bond motifs is 1. The van der Waals surface area contributed by atoms with Crippen LogP contribution in [0.1, 0.15) is 27.1 Å². The highest BCUT2D eigenvalue weighted by Gasteiger charge is 2.35. The Hall–Kier alpha value is -4.62. The first-order chi connectivity index (χ1) is 20.9. The van der Waals surface area contributed by atoms with Crippen molar-refractivity contribution in [3.8, 4) is 28.2 Å². The van der Waals surface area contributed by atoms with Crippen molar-refractivity contribution in [1.29, 1.82) is 0 Å². The minimum Gasteiger partial charge on any atom is -0.496 e. The number of pyridine rings is 1. The molecule has 7 nitrogen and oxygen atoms in total. The number of rotatable bonds is 12. The topological polar surface area (TPSA) is 93.5 Å². The van der Waals surface area contributed by atoms with E-state index < -0.39 is 62.1 Å². The fourth-order valence-electron chi connectivity index (χ4n) is 4.50. The zero-order valence-electron chi connectivity index (χ0n) is 23.4. The number of benzene rings is 2. The summed E-state index contributed by atoms with van der Waals surface area (Å²) < 4.78 is 105. The zero-order chi connectivity index (χ0) is 32.2. The predicted molar refractivity (Wildman–Crippen MR) is 149 cm³/mol. The molecule has 0 spiro atoms. The first kappa shape index (κ1) is 32.3. The molecule has 44 heavy (non-hydrogen) atoms. The number of furan rings is 1. The second kappa shape index (κ2) is 12.9. The summed E-state index contributed by atoms with van der Waals surface area (Å²) in [5.74, 6) is -2.47. The largest absolute Gasteiger partial charge is 0.496 e. The van der Waals surface area contributed by atoms with Gasteiger partial charge < -0.3 is 19.8 Å². The smallest absolute Gasteiger partial charge is 0.405 e. The highest BCUT2D eigenvalue weighted by Crippen LogP contribution is 2.40. The third-order valence-corrected chi connectivity index (χ3v) is 6.90. The maximum atomic E-state index is 13.6. The van der Waals surface area contributed by atoms with Gasteiger partial charge in [-0.05, 0) is 48.0 Å². The van der Waals surface area contributed by atoms with Gasteiger partial charge in [0.05, 0.1) is 29.0 Å². The number of hydrogen-bond acceptors (Lipinski definition) is 6. The molecule has 1 amide bonds. The van der Waals surface area contributed by atoms with Crippen molar-refractivity contribution in [1.82, 2.24) is 10.3 Å². The lowest BCUT2D eigenvalue weighted by Crippen LogP contribution is -2.31. The summed E-state index contributed by atoms with van der Waals surface area (Å²) in [4.78, 5) is 30.4. The predicted octanol–water partition coefficient (Wildman–Crippen LogP) is 7.11. The number of hydrogen-bond donors (Lipinski definition) is 2. The summed E-state index contributed by atoms with van der Waals surface area (Å²) in [7, 11) is 2.57. The Balaban J connectivity index is 1.95. The minimum atomic E-state index is -4.67. The van der Waals surface area contributed by atoms with Crippen LogP contribution in [0.15, 0.2) is 52.9 Å². The van der Waals surface area contributed by atoms with Crippen molar-refractivity contribution >= 4 is 28.6 Å². The van der Waals surface area contributed by atoms with Crippen LogP contribution in [-0.4, -0.2) is 63.6 Å². The van der Waals surface area contributed by atoms with Crippen molar-refractivity contribution in [3.63, 3.8) is 0 Å². The molecule has 0 atom stereocenters. The molecule has 0 aliphatic rings. The SMILES string of the molecule is CNC(=O)c1c(-c2ccc(F)cc2)oc2nc(NCC(F)(F)F)c(-c3ccc(OC)c(C(=O)CC(CF)(CF)CF)c3)cc12. The normalized spacial score (nSPS) is 11.9. The number of methoxy groups -OCH3 is 1. The molecule has 0 unspecified atom stereocenters. The quantitative estimate of drug-likeness (QED) is 0.129. The average molecular weight is 626 g/mol. The number of ketones is 1. The molecule has 4 aromatic rings. The van der Waals surface area contributed by atoms with Crippen LogP contribution >= 0.6 is 0 Å². The van der Waals surface area contributed by atoms with Gasteiger partial charge in [0, 0.05) is 24.6 Å². The molecule has 234 valence electrons. The lowest BCUT2D eigenvalue weighted by atomic mass is 9.84. The van der Waals surface area contributed by atoms with E-state index in [-0.39, 0.29) is 56.2 Å². The Morgan fingerprint density at radius 1 is 0.955 bits per heavy atom. The third-order valence-electron chi connectivity index (χ3n) is 6.90. The maximum absolute atomic E-state index is 13.6. The number of halogens is 7. The van der Waals surface area contributed by atoms with E-state index >= 15 is 0 Å². The molecule has 0 saturated heterocycles. The molecule has 2 aromatic heterocycles. The van der Waals surface area contributed by atoms with Crippen LogP contribution in [0.3, 0.4) is 0 Å². The standard InChI is InChI=1S/C30H26F7N3O4/c1-38-27(42)24-21-10-19(17-5-8-23(43-2)20(9-17)22(41)11-29(12-31,13-32)14-33)26(39-15-30(35,36)37)40-28(21)44-25(24)16-3-6-18(34)7-4-16/h3-10H,11-15H2,1-2H3,(H,38,42)(H,39,40). The maximum Gasteiger partial charge on any atom is 0.405 e. The number of nitrogens with one attached hydrogen (secondary N) is 2. The number of anilines is 1. The van der Waals surface area contributed by atoms with Crippen LogP contribution in [0, 0.1) is 11.2 Å². The molecule has 2 heterocycles. The lowest BCUT2D eigenvalue weighted by Gasteiger charge is -2.23. The molecule has 0 fully saturated rings. The Bertz CT molecular complexity index is 1660. The van der Waals surface area contributed by atoms with Crippen molar-refractivity contribution in [2.75, 3.05) is 46.0 Å². The fraction of sp³-hybridized carbons (Fsp3) is 0.300. The van der Waals surface area contributed by atoms with Crippen molar-refractivity contribution in [2.45, 2.75) is 12.6 Å². The zero-order valence-corrected chi connectivity index (χ0v) is 23.4. The summed E-state index contributed by atoms with van der Waals surface area (Å²) in [5.41, 5.74) is -2.31. The van der Waals surface area contributed by atoms with Crippen LogP contribution in [0.4, 0.5) is 36.6 Å². The Kier molecular flexibility index (Phi) is 9.50. The Morgan fingerprint density at radius 2 is 1.59 bits per heavy atom. The number of alkyl halides is 6. The molecule has 0 radical (unpaired) electrons. The highest BCUT2D eigenvalue weighted by atomic mass is 19.4. The van der Waals surface area contributed by atoms with Gasteiger partial charge in [-0.2, -0.15) is 18.2 Å². The second-order valence-corrected chi connectivity index (χ2v) is 10.0.